The van der Waals surface area contributed by atoms with E-state index in [4.69, 9.17) is 9.84 Å². The van der Waals surface area contributed by atoms with Gasteiger partial charge in [0.05, 0.1) is 6.61 Å². The van der Waals surface area contributed by atoms with Crippen molar-refractivity contribution < 1.29 is 19.4 Å². The fourth-order valence-electron chi connectivity index (χ4n) is 2.29. The van der Waals surface area contributed by atoms with E-state index in [2.05, 4.69) is 22.6 Å². The first-order valence-electron chi connectivity index (χ1n) is 6.97. The van der Waals surface area contributed by atoms with Gasteiger partial charge >= 0.3 is 12.0 Å². The first-order chi connectivity index (χ1) is 9.52. The lowest BCUT2D eigenvalue weighted by atomic mass is 9.94. The van der Waals surface area contributed by atoms with Crippen LogP contribution < -0.4 is 10.6 Å². The third-order valence-electron chi connectivity index (χ3n) is 3.61. The second kappa shape index (κ2) is 8.76. The molecule has 3 N–H and O–H groups in total. The zero-order valence-electron chi connectivity index (χ0n) is 12.2. The molecule has 0 radical (unpaired) electrons. The summed E-state index contributed by atoms with van der Waals surface area (Å²) in [6.45, 7) is 2.73. The van der Waals surface area contributed by atoms with Crippen molar-refractivity contribution in [1.82, 2.24) is 15.5 Å². The number of hydrogen-bond donors (Lipinski definition) is 3. The monoisotopic (exact) mass is 287 g/mol. The molecule has 0 aromatic heterocycles. The topological polar surface area (TPSA) is 90.9 Å². The second-order valence-corrected chi connectivity index (χ2v) is 5.28. The van der Waals surface area contributed by atoms with Gasteiger partial charge in [0.1, 0.15) is 0 Å². The summed E-state index contributed by atoms with van der Waals surface area (Å²) in [6, 6.07) is -1.47. The summed E-state index contributed by atoms with van der Waals surface area (Å²) in [6.07, 6.45) is 3.24. The average molecular weight is 287 g/mol. The van der Waals surface area contributed by atoms with Crippen molar-refractivity contribution >= 4 is 12.0 Å². The number of aliphatic carboxylic acids is 1. The number of carboxylic acid groups (broad SMARTS) is 1. The van der Waals surface area contributed by atoms with E-state index in [1.54, 1.807) is 0 Å². The number of rotatable bonds is 7. The van der Waals surface area contributed by atoms with E-state index in [1.807, 2.05) is 0 Å². The van der Waals surface area contributed by atoms with Crippen molar-refractivity contribution in [3.8, 4) is 0 Å². The average Bonchev–Trinajstić information content (AvgIpc) is 2.40. The molecule has 0 aromatic rings. The molecule has 0 bridgehead atoms. The molecule has 2 amide bonds. The third kappa shape index (κ3) is 6.21. The summed E-state index contributed by atoms with van der Waals surface area (Å²) in [5, 5.41) is 14.0. The molecule has 20 heavy (non-hydrogen) atoms. The molecule has 1 atom stereocenters. The molecule has 1 unspecified atom stereocenters. The number of ether oxygens (including phenoxy) is 1. The van der Waals surface area contributed by atoms with Gasteiger partial charge in [-0.1, -0.05) is 0 Å². The molecule has 0 aromatic carbocycles. The Kier molecular flexibility index (Phi) is 7.32. The van der Waals surface area contributed by atoms with Crippen LogP contribution in [0.1, 0.15) is 19.3 Å². The van der Waals surface area contributed by atoms with E-state index < -0.39 is 18.0 Å². The Balaban J connectivity index is 2.17. The number of urea groups is 1. The Hall–Kier alpha value is -1.34. The Morgan fingerprint density at radius 1 is 1.40 bits per heavy atom. The number of nitrogens with one attached hydrogen (secondary N) is 2. The zero-order valence-corrected chi connectivity index (χ0v) is 12.2. The number of methoxy groups -OCH3 is 1. The van der Waals surface area contributed by atoms with Crippen LogP contribution in [0.3, 0.4) is 0 Å². The number of nitrogens with zero attached hydrogens (tertiary/aromatic N) is 1. The third-order valence-corrected chi connectivity index (χ3v) is 3.61. The van der Waals surface area contributed by atoms with Crippen LogP contribution in [0, 0.1) is 5.92 Å². The van der Waals surface area contributed by atoms with Crippen molar-refractivity contribution in [2.75, 3.05) is 40.4 Å². The summed E-state index contributed by atoms with van der Waals surface area (Å²) >= 11 is 0. The SMILES string of the molecule is COCC(NC(=O)NCCC1CCN(C)CC1)C(=O)O. The number of piperidine rings is 1. The van der Waals surface area contributed by atoms with Gasteiger partial charge in [0, 0.05) is 13.7 Å². The van der Waals surface area contributed by atoms with Crippen molar-refractivity contribution in [1.29, 1.82) is 0 Å². The molecule has 1 aliphatic rings. The van der Waals surface area contributed by atoms with Gasteiger partial charge < -0.3 is 25.4 Å². The van der Waals surface area contributed by atoms with E-state index in [0.29, 0.717) is 12.5 Å². The van der Waals surface area contributed by atoms with Crippen LogP contribution in [0.25, 0.3) is 0 Å². The maximum absolute atomic E-state index is 11.6. The van der Waals surface area contributed by atoms with Gasteiger partial charge in [-0.15, -0.1) is 0 Å². The maximum Gasteiger partial charge on any atom is 0.328 e. The van der Waals surface area contributed by atoms with E-state index >= 15 is 0 Å². The summed E-state index contributed by atoms with van der Waals surface area (Å²) in [4.78, 5) is 24.7. The van der Waals surface area contributed by atoms with Crippen LogP contribution in [-0.2, 0) is 9.53 Å². The minimum Gasteiger partial charge on any atom is -0.480 e. The largest absolute Gasteiger partial charge is 0.480 e. The molecule has 0 aliphatic carbocycles. The van der Waals surface area contributed by atoms with E-state index in [0.717, 1.165) is 32.4 Å². The number of hydrogen-bond acceptors (Lipinski definition) is 4. The van der Waals surface area contributed by atoms with Gasteiger partial charge in [-0.05, 0) is 45.3 Å². The smallest absolute Gasteiger partial charge is 0.328 e. The number of carbonyl (C=O) groups excluding carboxylic acids is 1. The summed E-state index contributed by atoms with van der Waals surface area (Å²) in [5.41, 5.74) is 0. The van der Waals surface area contributed by atoms with Crippen LogP contribution in [0.15, 0.2) is 0 Å². The van der Waals surface area contributed by atoms with Gasteiger partial charge in [0.25, 0.3) is 0 Å². The Morgan fingerprint density at radius 3 is 2.60 bits per heavy atom. The number of likely N-dealkylation sites (tertiary alicyclic amines) is 1. The highest BCUT2D eigenvalue weighted by Crippen LogP contribution is 2.18. The van der Waals surface area contributed by atoms with E-state index in [-0.39, 0.29) is 6.61 Å². The van der Waals surface area contributed by atoms with Gasteiger partial charge in [-0.2, -0.15) is 0 Å². The van der Waals surface area contributed by atoms with Crippen molar-refractivity contribution in [3.05, 3.63) is 0 Å². The fraction of sp³-hybridized carbons (Fsp3) is 0.846. The molecule has 0 spiro atoms. The van der Waals surface area contributed by atoms with Crippen LogP contribution in [0.4, 0.5) is 4.79 Å². The molecular weight excluding hydrogens is 262 g/mol. The van der Waals surface area contributed by atoms with Crippen LogP contribution in [0.2, 0.25) is 0 Å². The molecule has 0 saturated carbocycles. The number of carbonyl (C=O) groups is 2. The molecule has 116 valence electrons. The quantitative estimate of drug-likeness (QED) is 0.618. The first kappa shape index (κ1) is 16.7. The van der Waals surface area contributed by atoms with Crippen LogP contribution >= 0.6 is 0 Å². The molecule has 7 heteroatoms. The Bertz CT molecular complexity index is 317. The normalized spacial score (nSPS) is 18.5. The van der Waals surface area contributed by atoms with Crippen LogP contribution in [-0.4, -0.2) is 68.4 Å². The summed E-state index contributed by atoms with van der Waals surface area (Å²) in [5.74, 6) is -0.460. The van der Waals surface area contributed by atoms with Gasteiger partial charge in [0.2, 0.25) is 0 Å². The molecular formula is C13H25N3O4. The minimum absolute atomic E-state index is 0.0439. The Morgan fingerprint density at radius 2 is 2.05 bits per heavy atom. The molecule has 1 aliphatic heterocycles. The lowest BCUT2D eigenvalue weighted by Crippen LogP contribution is -2.48. The second-order valence-electron chi connectivity index (χ2n) is 5.28. The predicted molar refractivity (Wildman–Crippen MR) is 74.7 cm³/mol. The number of amides is 2. The molecule has 1 fully saturated rings. The number of carboxylic acids is 1. The predicted octanol–water partition coefficient (Wildman–Crippen LogP) is 0.117. The highest BCUT2D eigenvalue weighted by Gasteiger charge is 2.20. The van der Waals surface area contributed by atoms with Crippen molar-refractivity contribution in [2.24, 2.45) is 5.92 Å². The van der Waals surface area contributed by atoms with Crippen LogP contribution in [0.5, 0.6) is 0 Å². The standard InChI is InChI=1S/C13H25N3O4/c1-16-7-4-10(5-8-16)3-6-14-13(19)15-11(9-20-2)12(17)18/h10-11H,3-9H2,1-2H3,(H,17,18)(H2,14,15,19). The zero-order chi connectivity index (χ0) is 15.0. The molecule has 1 rings (SSSR count). The lowest BCUT2D eigenvalue weighted by Gasteiger charge is -2.28. The highest BCUT2D eigenvalue weighted by molar-refractivity contribution is 5.82. The highest BCUT2D eigenvalue weighted by atomic mass is 16.5. The minimum atomic E-state index is -1.10. The van der Waals surface area contributed by atoms with Crippen molar-refractivity contribution in [2.45, 2.75) is 25.3 Å². The van der Waals surface area contributed by atoms with Gasteiger partial charge in [-0.25, -0.2) is 9.59 Å². The van der Waals surface area contributed by atoms with Crippen molar-refractivity contribution in [3.63, 3.8) is 0 Å². The molecule has 1 saturated heterocycles. The molecule has 1 heterocycles. The lowest BCUT2D eigenvalue weighted by molar-refractivity contribution is -0.140. The Labute approximate surface area is 119 Å². The first-order valence-corrected chi connectivity index (χ1v) is 6.97. The van der Waals surface area contributed by atoms with Gasteiger partial charge in [-0.3, -0.25) is 0 Å². The summed E-state index contributed by atoms with van der Waals surface area (Å²) in [7, 11) is 3.51. The summed E-state index contributed by atoms with van der Waals surface area (Å²) < 4.78 is 4.75. The maximum atomic E-state index is 11.6. The van der Waals surface area contributed by atoms with E-state index in [9.17, 15) is 9.59 Å². The van der Waals surface area contributed by atoms with E-state index in [1.165, 1.54) is 7.11 Å². The molecule has 7 nitrogen and oxygen atoms in total. The fourth-order valence-corrected chi connectivity index (χ4v) is 2.29. The van der Waals surface area contributed by atoms with Gasteiger partial charge in [0.15, 0.2) is 6.04 Å².